The van der Waals surface area contributed by atoms with Crippen LogP contribution in [0.4, 0.5) is 0 Å². The first-order valence-corrected chi connectivity index (χ1v) is 6.84. The van der Waals surface area contributed by atoms with Crippen LogP contribution in [0.2, 0.25) is 0 Å². The Morgan fingerprint density at radius 3 is 2.57 bits per heavy atom. The van der Waals surface area contributed by atoms with Crippen molar-refractivity contribution in [3.63, 3.8) is 0 Å². The van der Waals surface area contributed by atoms with E-state index < -0.39 is 0 Å². The second kappa shape index (κ2) is 4.42. The van der Waals surface area contributed by atoms with Crippen LogP contribution < -0.4 is 5.32 Å². The topological polar surface area (TPSA) is 21.3 Å². The van der Waals surface area contributed by atoms with Gasteiger partial charge in [-0.3, -0.25) is 5.32 Å². The summed E-state index contributed by atoms with van der Waals surface area (Å²) in [7, 11) is 0. The third-order valence-electron chi connectivity index (χ3n) is 3.50. The summed E-state index contributed by atoms with van der Waals surface area (Å²) in [4.78, 5) is 0. The van der Waals surface area contributed by atoms with Crippen LogP contribution in [-0.4, -0.2) is 30.4 Å². The van der Waals surface area contributed by atoms with Crippen LogP contribution >= 0.6 is 11.8 Å². The Morgan fingerprint density at radius 1 is 1.36 bits per heavy atom. The summed E-state index contributed by atoms with van der Waals surface area (Å²) in [6.45, 7) is 6.66. The standard InChI is InChI=1S/C11H21NOS/c1-9(2)10-7-12-11(13-8-10)3-5-14-6-4-11/h9-10,12H,3-8H2,1-2H3. The summed E-state index contributed by atoms with van der Waals surface area (Å²) < 4.78 is 6.06. The monoisotopic (exact) mass is 215 g/mol. The van der Waals surface area contributed by atoms with Crippen molar-refractivity contribution in [1.82, 2.24) is 5.32 Å². The molecule has 1 unspecified atom stereocenters. The van der Waals surface area contributed by atoms with E-state index in [1.165, 1.54) is 24.3 Å². The van der Waals surface area contributed by atoms with Crippen molar-refractivity contribution in [3.05, 3.63) is 0 Å². The average Bonchev–Trinajstić information content (AvgIpc) is 2.19. The van der Waals surface area contributed by atoms with Crippen molar-refractivity contribution >= 4 is 11.8 Å². The molecule has 82 valence electrons. The largest absolute Gasteiger partial charge is 0.360 e. The average molecular weight is 215 g/mol. The third kappa shape index (κ3) is 2.26. The van der Waals surface area contributed by atoms with Crippen molar-refractivity contribution in [2.45, 2.75) is 32.4 Å². The van der Waals surface area contributed by atoms with Crippen LogP contribution in [0.3, 0.4) is 0 Å². The molecule has 0 saturated carbocycles. The maximum absolute atomic E-state index is 6.06. The molecular weight excluding hydrogens is 194 g/mol. The molecule has 0 aliphatic carbocycles. The maximum atomic E-state index is 6.06. The van der Waals surface area contributed by atoms with Crippen molar-refractivity contribution in [3.8, 4) is 0 Å². The molecule has 2 nitrogen and oxygen atoms in total. The highest BCUT2D eigenvalue weighted by Gasteiger charge is 2.37. The first-order valence-electron chi connectivity index (χ1n) is 5.69. The van der Waals surface area contributed by atoms with Gasteiger partial charge in [-0.1, -0.05) is 13.8 Å². The van der Waals surface area contributed by atoms with E-state index in [0.717, 1.165) is 19.1 Å². The molecule has 0 aromatic carbocycles. The molecule has 2 aliphatic heterocycles. The quantitative estimate of drug-likeness (QED) is 0.724. The van der Waals surface area contributed by atoms with Gasteiger partial charge in [0.2, 0.25) is 0 Å². The number of hydrogen-bond acceptors (Lipinski definition) is 3. The Labute approximate surface area is 91.2 Å². The molecule has 3 heteroatoms. The van der Waals surface area contributed by atoms with Crippen LogP contribution in [0.15, 0.2) is 0 Å². The second-order valence-electron chi connectivity index (χ2n) is 4.80. The minimum Gasteiger partial charge on any atom is -0.360 e. The highest BCUT2D eigenvalue weighted by Crippen LogP contribution is 2.32. The van der Waals surface area contributed by atoms with Gasteiger partial charge < -0.3 is 4.74 Å². The van der Waals surface area contributed by atoms with E-state index in [1.54, 1.807) is 0 Å². The van der Waals surface area contributed by atoms with Crippen LogP contribution in [0.1, 0.15) is 26.7 Å². The Hall–Kier alpha value is 0.270. The van der Waals surface area contributed by atoms with Crippen LogP contribution in [-0.2, 0) is 4.74 Å². The Balaban J connectivity index is 1.87. The van der Waals surface area contributed by atoms with Crippen molar-refractivity contribution < 1.29 is 4.74 Å². The molecule has 2 rings (SSSR count). The molecule has 2 saturated heterocycles. The summed E-state index contributed by atoms with van der Waals surface area (Å²) >= 11 is 2.05. The van der Waals surface area contributed by atoms with E-state index in [4.69, 9.17) is 4.74 Å². The van der Waals surface area contributed by atoms with Gasteiger partial charge in [-0.2, -0.15) is 11.8 Å². The molecule has 1 atom stereocenters. The molecule has 0 amide bonds. The molecule has 0 aromatic rings. The Morgan fingerprint density at radius 2 is 2.07 bits per heavy atom. The molecular formula is C11H21NOS. The van der Waals surface area contributed by atoms with Gasteiger partial charge >= 0.3 is 0 Å². The van der Waals surface area contributed by atoms with Crippen LogP contribution in [0, 0.1) is 11.8 Å². The summed E-state index contributed by atoms with van der Waals surface area (Å²) in [6.07, 6.45) is 2.37. The van der Waals surface area contributed by atoms with Crippen molar-refractivity contribution in [2.75, 3.05) is 24.7 Å². The minimum atomic E-state index is 0.0522. The van der Waals surface area contributed by atoms with Crippen LogP contribution in [0.25, 0.3) is 0 Å². The summed E-state index contributed by atoms with van der Waals surface area (Å²) in [5.74, 6) is 3.94. The third-order valence-corrected chi connectivity index (χ3v) is 4.49. The zero-order valence-corrected chi connectivity index (χ0v) is 10.0. The smallest absolute Gasteiger partial charge is 0.120 e. The lowest BCUT2D eigenvalue weighted by Gasteiger charge is -2.44. The number of thioether (sulfide) groups is 1. The van der Waals surface area contributed by atoms with Gasteiger partial charge in [0.1, 0.15) is 5.72 Å². The van der Waals surface area contributed by atoms with Gasteiger partial charge in [0, 0.05) is 6.54 Å². The maximum Gasteiger partial charge on any atom is 0.120 e. The highest BCUT2D eigenvalue weighted by molar-refractivity contribution is 7.99. The predicted molar refractivity (Wildman–Crippen MR) is 61.6 cm³/mol. The summed E-state index contributed by atoms with van der Waals surface area (Å²) in [6, 6.07) is 0. The minimum absolute atomic E-state index is 0.0522. The lowest BCUT2D eigenvalue weighted by atomic mass is 9.93. The zero-order chi connectivity index (χ0) is 10.0. The number of ether oxygens (including phenoxy) is 1. The molecule has 1 N–H and O–H groups in total. The lowest BCUT2D eigenvalue weighted by Crippen LogP contribution is -2.57. The fourth-order valence-corrected chi connectivity index (χ4v) is 3.30. The van der Waals surface area contributed by atoms with Crippen LogP contribution in [0.5, 0.6) is 0 Å². The SMILES string of the molecule is CC(C)C1CNC2(CCSCC2)OC1. The van der Waals surface area contributed by atoms with E-state index in [-0.39, 0.29) is 5.72 Å². The highest BCUT2D eigenvalue weighted by atomic mass is 32.2. The zero-order valence-electron chi connectivity index (χ0n) is 9.21. The fourth-order valence-electron chi connectivity index (χ4n) is 2.14. The van der Waals surface area contributed by atoms with E-state index in [9.17, 15) is 0 Å². The van der Waals surface area contributed by atoms with Gasteiger partial charge in [-0.15, -0.1) is 0 Å². The summed E-state index contributed by atoms with van der Waals surface area (Å²) in [5, 5.41) is 3.63. The van der Waals surface area contributed by atoms with Gasteiger partial charge in [0.05, 0.1) is 6.61 Å². The molecule has 2 aliphatic rings. The normalized spacial score (nSPS) is 32.4. The van der Waals surface area contributed by atoms with Gasteiger partial charge in [-0.25, -0.2) is 0 Å². The predicted octanol–water partition coefficient (Wildman–Crippen LogP) is 2.10. The second-order valence-corrected chi connectivity index (χ2v) is 6.03. The molecule has 14 heavy (non-hydrogen) atoms. The molecule has 0 bridgehead atoms. The molecule has 0 radical (unpaired) electrons. The van der Waals surface area contributed by atoms with E-state index in [0.29, 0.717) is 5.92 Å². The van der Waals surface area contributed by atoms with Gasteiger partial charge in [0.15, 0.2) is 0 Å². The van der Waals surface area contributed by atoms with E-state index >= 15 is 0 Å². The van der Waals surface area contributed by atoms with Gasteiger partial charge in [-0.05, 0) is 36.2 Å². The Bertz CT molecular complexity index is 180. The van der Waals surface area contributed by atoms with Gasteiger partial charge in [0.25, 0.3) is 0 Å². The number of nitrogens with one attached hydrogen (secondary N) is 1. The van der Waals surface area contributed by atoms with E-state index in [2.05, 4.69) is 19.2 Å². The molecule has 1 spiro atoms. The summed E-state index contributed by atoms with van der Waals surface area (Å²) in [5.41, 5.74) is 0.0522. The molecule has 2 heterocycles. The Kier molecular flexibility index (Phi) is 3.40. The lowest BCUT2D eigenvalue weighted by molar-refractivity contribution is -0.126. The fraction of sp³-hybridized carbons (Fsp3) is 1.00. The first-order chi connectivity index (χ1) is 6.72. The van der Waals surface area contributed by atoms with Crippen molar-refractivity contribution in [1.29, 1.82) is 0 Å². The number of rotatable bonds is 1. The molecule has 2 fully saturated rings. The van der Waals surface area contributed by atoms with Crippen molar-refractivity contribution in [2.24, 2.45) is 11.8 Å². The number of hydrogen-bond donors (Lipinski definition) is 1. The first kappa shape index (κ1) is 10.8. The van der Waals surface area contributed by atoms with E-state index in [1.807, 2.05) is 11.8 Å². The molecule has 0 aromatic heterocycles.